The molecule has 26 heavy (non-hydrogen) atoms. The van der Waals surface area contributed by atoms with Crippen LogP contribution in [0.4, 0.5) is 0 Å². The third kappa shape index (κ3) is 3.15. The summed E-state index contributed by atoms with van der Waals surface area (Å²) in [5.41, 5.74) is 2.17. The van der Waals surface area contributed by atoms with Crippen molar-refractivity contribution in [3.05, 3.63) is 40.6 Å². The third-order valence-corrected chi connectivity index (χ3v) is 5.00. The van der Waals surface area contributed by atoms with Gasteiger partial charge in [0.05, 0.1) is 24.4 Å². The van der Waals surface area contributed by atoms with E-state index >= 15 is 0 Å². The molecule has 0 aliphatic carbocycles. The fraction of sp³-hybridized carbons (Fsp3) is 0.500. The van der Waals surface area contributed by atoms with Crippen LogP contribution in [0.25, 0.3) is 21.9 Å². The van der Waals surface area contributed by atoms with Crippen molar-refractivity contribution in [2.24, 2.45) is 0 Å². The second-order valence-electron chi connectivity index (χ2n) is 7.92. The fourth-order valence-electron chi connectivity index (χ4n) is 3.65. The molecule has 6 nitrogen and oxygen atoms in total. The van der Waals surface area contributed by atoms with Gasteiger partial charge in [-0.2, -0.15) is 4.98 Å². The van der Waals surface area contributed by atoms with Crippen molar-refractivity contribution in [3.63, 3.8) is 0 Å². The first-order valence-electron chi connectivity index (χ1n) is 9.17. The smallest absolute Gasteiger partial charge is 0.406 e. The summed E-state index contributed by atoms with van der Waals surface area (Å²) in [7, 11) is 0. The summed E-state index contributed by atoms with van der Waals surface area (Å²) in [6.07, 6.45) is 2.07. The molecule has 4 rings (SSSR count). The predicted molar refractivity (Wildman–Crippen MR) is 102 cm³/mol. The van der Waals surface area contributed by atoms with Crippen LogP contribution in [0.2, 0.25) is 0 Å². The minimum atomic E-state index is -0.532. The molecule has 0 spiro atoms. The van der Waals surface area contributed by atoms with Crippen LogP contribution < -0.4 is 5.76 Å². The number of nitrogens with zero attached hydrogens (tertiary/aromatic N) is 3. The molecule has 3 aromatic rings. The standard InChI is InChI=1S/C20H25N3O3/c1-20(2,3)18-15-5-4-14-6-7-23(9-8-22-10-12-25-13-11-22)16(14)17(15)26-19(24)21-18/h4-7H,8-13H2,1-3H3. The lowest BCUT2D eigenvalue weighted by Crippen LogP contribution is -2.38. The Balaban J connectivity index is 1.80. The van der Waals surface area contributed by atoms with Gasteiger partial charge in [0.15, 0.2) is 5.58 Å². The van der Waals surface area contributed by atoms with E-state index in [-0.39, 0.29) is 5.41 Å². The highest BCUT2D eigenvalue weighted by Crippen LogP contribution is 2.31. The molecular formula is C20H25N3O3. The topological polar surface area (TPSA) is 60.5 Å². The quantitative estimate of drug-likeness (QED) is 0.723. The van der Waals surface area contributed by atoms with Crippen molar-refractivity contribution in [3.8, 4) is 0 Å². The number of hydrogen-bond donors (Lipinski definition) is 0. The second-order valence-corrected chi connectivity index (χ2v) is 7.92. The molecule has 1 aromatic carbocycles. The molecule has 0 radical (unpaired) electrons. The van der Waals surface area contributed by atoms with Crippen LogP contribution in [0.1, 0.15) is 26.5 Å². The van der Waals surface area contributed by atoms with Gasteiger partial charge in [-0.3, -0.25) is 4.90 Å². The maximum absolute atomic E-state index is 12.1. The molecule has 1 fully saturated rings. The maximum atomic E-state index is 12.1. The molecule has 0 bridgehead atoms. The van der Waals surface area contributed by atoms with E-state index in [1.54, 1.807) is 0 Å². The number of fused-ring (bicyclic) bond motifs is 3. The molecule has 0 amide bonds. The van der Waals surface area contributed by atoms with Gasteiger partial charge in [0.25, 0.3) is 0 Å². The number of benzene rings is 1. The van der Waals surface area contributed by atoms with E-state index in [1.807, 2.05) is 6.07 Å². The minimum absolute atomic E-state index is 0.229. The van der Waals surface area contributed by atoms with Crippen LogP contribution >= 0.6 is 0 Å². The Bertz CT molecular complexity index is 991. The average Bonchev–Trinajstić information content (AvgIpc) is 3.03. The Hall–Kier alpha value is -2.18. The number of hydrogen-bond acceptors (Lipinski definition) is 5. The molecule has 0 N–H and O–H groups in total. The monoisotopic (exact) mass is 355 g/mol. The van der Waals surface area contributed by atoms with E-state index in [0.29, 0.717) is 5.58 Å². The third-order valence-electron chi connectivity index (χ3n) is 5.00. The van der Waals surface area contributed by atoms with Crippen molar-refractivity contribution in [2.75, 3.05) is 32.8 Å². The van der Waals surface area contributed by atoms with Gasteiger partial charge < -0.3 is 13.7 Å². The van der Waals surface area contributed by atoms with Crippen molar-refractivity contribution in [1.82, 2.24) is 14.5 Å². The highest BCUT2D eigenvalue weighted by molar-refractivity contribution is 6.03. The summed E-state index contributed by atoms with van der Waals surface area (Å²) in [4.78, 5) is 18.7. The van der Waals surface area contributed by atoms with E-state index in [0.717, 1.165) is 61.4 Å². The Morgan fingerprint density at radius 1 is 1.12 bits per heavy atom. The van der Waals surface area contributed by atoms with E-state index in [4.69, 9.17) is 9.15 Å². The molecular weight excluding hydrogens is 330 g/mol. The van der Waals surface area contributed by atoms with E-state index in [9.17, 15) is 4.79 Å². The van der Waals surface area contributed by atoms with Crippen LogP contribution in [0.3, 0.4) is 0 Å². The number of morpholine rings is 1. The summed E-state index contributed by atoms with van der Waals surface area (Å²) in [5, 5.41) is 1.99. The highest BCUT2D eigenvalue weighted by Gasteiger charge is 2.22. The molecule has 138 valence electrons. The van der Waals surface area contributed by atoms with Crippen LogP contribution in [-0.2, 0) is 16.7 Å². The maximum Gasteiger partial charge on any atom is 0.439 e. The summed E-state index contributed by atoms with van der Waals surface area (Å²) in [6.45, 7) is 11.5. The molecule has 0 saturated carbocycles. The molecule has 1 aliphatic heterocycles. The summed E-state index contributed by atoms with van der Waals surface area (Å²) >= 11 is 0. The molecule has 1 saturated heterocycles. The van der Waals surface area contributed by atoms with E-state index < -0.39 is 5.76 Å². The SMILES string of the molecule is CC(C)(C)c1nc(=O)oc2c1ccc1ccn(CCN3CCOCC3)c12. The Labute approximate surface area is 152 Å². The highest BCUT2D eigenvalue weighted by atomic mass is 16.5. The van der Waals surface area contributed by atoms with Gasteiger partial charge in [-0.1, -0.05) is 26.8 Å². The molecule has 3 heterocycles. The van der Waals surface area contributed by atoms with Gasteiger partial charge in [-0.25, -0.2) is 4.79 Å². The van der Waals surface area contributed by atoms with Crippen LogP contribution in [0.15, 0.2) is 33.6 Å². The number of rotatable bonds is 3. The normalized spacial score (nSPS) is 16.6. The second kappa shape index (κ2) is 6.52. The first-order valence-corrected chi connectivity index (χ1v) is 9.17. The summed E-state index contributed by atoms with van der Waals surface area (Å²) in [6, 6.07) is 6.17. The first-order chi connectivity index (χ1) is 12.4. The summed E-state index contributed by atoms with van der Waals surface area (Å²) in [5.74, 6) is -0.532. The van der Waals surface area contributed by atoms with Gasteiger partial charge in [0, 0.05) is 48.6 Å². The van der Waals surface area contributed by atoms with Gasteiger partial charge in [0.2, 0.25) is 0 Å². The van der Waals surface area contributed by atoms with Crippen molar-refractivity contribution < 1.29 is 9.15 Å². The molecule has 0 atom stereocenters. The summed E-state index contributed by atoms with van der Waals surface area (Å²) < 4.78 is 13.2. The fourth-order valence-corrected chi connectivity index (χ4v) is 3.65. The van der Waals surface area contributed by atoms with E-state index in [1.165, 1.54) is 0 Å². The number of ether oxygens (including phenoxy) is 1. The van der Waals surface area contributed by atoms with Crippen molar-refractivity contribution in [1.29, 1.82) is 0 Å². The van der Waals surface area contributed by atoms with Crippen LogP contribution in [0.5, 0.6) is 0 Å². The zero-order valence-corrected chi connectivity index (χ0v) is 15.6. The van der Waals surface area contributed by atoms with Crippen molar-refractivity contribution in [2.45, 2.75) is 32.7 Å². The van der Waals surface area contributed by atoms with Crippen molar-refractivity contribution >= 4 is 21.9 Å². The zero-order valence-electron chi connectivity index (χ0n) is 15.6. The van der Waals surface area contributed by atoms with Crippen LogP contribution in [-0.4, -0.2) is 47.3 Å². The predicted octanol–water partition coefficient (Wildman–Crippen LogP) is 2.77. The first kappa shape index (κ1) is 17.2. The molecule has 1 aliphatic rings. The van der Waals surface area contributed by atoms with Crippen LogP contribution in [0, 0.1) is 0 Å². The Morgan fingerprint density at radius 2 is 1.88 bits per heavy atom. The Morgan fingerprint density at radius 3 is 2.62 bits per heavy atom. The largest absolute Gasteiger partial charge is 0.439 e. The van der Waals surface area contributed by atoms with Gasteiger partial charge >= 0.3 is 5.76 Å². The average molecular weight is 355 g/mol. The molecule has 0 unspecified atom stereocenters. The number of aromatic nitrogens is 2. The minimum Gasteiger partial charge on any atom is -0.406 e. The zero-order chi connectivity index (χ0) is 18.3. The lowest BCUT2D eigenvalue weighted by molar-refractivity contribution is 0.0365. The van der Waals surface area contributed by atoms with Gasteiger partial charge in [-0.15, -0.1) is 0 Å². The van der Waals surface area contributed by atoms with Gasteiger partial charge in [-0.05, 0) is 12.1 Å². The lowest BCUT2D eigenvalue weighted by atomic mass is 9.89. The Kier molecular flexibility index (Phi) is 4.32. The molecule has 2 aromatic heterocycles. The van der Waals surface area contributed by atoms with E-state index in [2.05, 4.69) is 53.6 Å². The van der Waals surface area contributed by atoms with Gasteiger partial charge in [0.1, 0.15) is 0 Å². The molecule has 6 heteroatoms. The lowest BCUT2D eigenvalue weighted by Gasteiger charge is -2.26.